The second-order valence-electron chi connectivity index (χ2n) is 7.93. The summed E-state index contributed by atoms with van der Waals surface area (Å²) in [4.78, 5) is 21.1. The average molecular weight is 509 g/mol. The van der Waals surface area contributed by atoms with Crippen molar-refractivity contribution in [3.63, 3.8) is 0 Å². The fraction of sp³-hybridized carbons (Fsp3) is 0.115. The molecule has 0 spiro atoms. The van der Waals surface area contributed by atoms with Gasteiger partial charge in [-0.05, 0) is 73.7 Å². The van der Waals surface area contributed by atoms with E-state index >= 15 is 0 Å². The first-order valence-corrected chi connectivity index (χ1v) is 11.1. The summed E-state index contributed by atoms with van der Waals surface area (Å²) in [7, 11) is 1.60. The smallest absolute Gasteiger partial charge is 0.416 e. The number of aromatic nitrogens is 2. The molecule has 3 aromatic carbocycles. The summed E-state index contributed by atoms with van der Waals surface area (Å²) in [6.07, 6.45) is -4.50. The Hall–Kier alpha value is -4.80. The highest BCUT2D eigenvalue weighted by molar-refractivity contribution is 5.99. The summed E-state index contributed by atoms with van der Waals surface area (Å²) in [6.45, 7) is 1.85. The standard InChI is InChI=1S/C26H23F3N6O2/c1-16-14-23(31-18-10-12-22(37-2)13-11-18)35-24(30-16)32-19-6-8-20(9-7-19)33-25(36)34-21-5-3-4-17(15-21)26(27,28)29/h3-15H,1-2H3,(H2,33,34,36)(H2,30,31,32,35). The summed E-state index contributed by atoms with van der Waals surface area (Å²) in [5, 5.41) is 11.3. The Morgan fingerprint density at radius 1 is 0.784 bits per heavy atom. The van der Waals surface area contributed by atoms with Crippen molar-refractivity contribution >= 4 is 40.5 Å². The number of hydrogen-bond donors (Lipinski definition) is 4. The Bertz CT molecular complexity index is 1380. The molecule has 0 fully saturated rings. The zero-order valence-electron chi connectivity index (χ0n) is 19.9. The normalized spacial score (nSPS) is 10.9. The minimum atomic E-state index is -4.50. The third-order valence-electron chi connectivity index (χ3n) is 5.06. The summed E-state index contributed by atoms with van der Waals surface area (Å²) < 4.78 is 43.8. The van der Waals surface area contributed by atoms with Crippen LogP contribution in [0.25, 0.3) is 0 Å². The van der Waals surface area contributed by atoms with Crippen molar-refractivity contribution in [3.8, 4) is 5.75 Å². The Labute approximate surface area is 210 Å². The zero-order chi connectivity index (χ0) is 26.4. The second-order valence-corrected chi connectivity index (χ2v) is 7.93. The van der Waals surface area contributed by atoms with Crippen LogP contribution in [0.2, 0.25) is 0 Å². The lowest BCUT2D eigenvalue weighted by molar-refractivity contribution is -0.137. The number of nitrogens with zero attached hydrogens (tertiary/aromatic N) is 2. The molecule has 8 nitrogen and oxygen atoms in total. The summed E-state index contributed by atoms with van der Waals surface area (Å²) in [6, 6.07) is 19.7. The van der Waals surface area contributed by atoms with Crippen LogP contribution >= 0.6 is 0 Å². The second kappa shape index (κ2) is 10.9. The molecule has 1 aromatic heterocycles. The number of aryl methyl sites for hydroxylation is 1. The lowest BCUT2D eigenvalue weighted by atomic mass is 10.2. The number of amides is 2. The molecular weight excluding hydrogens is 485 g/mol. The maximum atomic E-state index is 12.9. The number of carbonyl (C=O) groups excluding carboxylic acids is 1. The Kier molecular flexibility index (Phi) is 7.42. The van der Waals surface area contributed by atoms with E-state index in [4.69, 9.17) is 4.74 Å². The number of halogens is 3. The van der Waals surface area contributed by atoms with E-state index in [0.717, 1.165) is 29.3 Å². The van der Waals surface area contributed by atoms with E-state index in [9.17, 15) is 18.0 Å². The van der Waals surface area contributed by atoms with Crippen molar-refractivity contribution < 1.29 is 22.7 Å². The lowest BCUT2D eigenvalue weighted by Gasteiger charge is -2.12. The van der Waals surface area contributed by atoms with Crippen molar-refractivity contribution in [3.05, 3.63) is 90.1 Å². The first kappa shape index (κ1) is 25.3. The van der Waals surface area contributed by atoms with Crippen LogP contribution in [0.5, 0.6) is 5.75 Å². The number of ether oxygens (including phenoxy) is 1. The number of benzene rings is 3. The molecule has 2 amide bonds. The summed E-state index contributed by atoms with van der Waals surface area (Å²) in [5.74, 6) is 1.72. The average Bonchev–Trinajstić information content (AvgIpc) is 2.85. The molecule has 0 atom stereocenters. The number of anilines is 6. The third-order valence-corrected chi connectivity index (χ3v) is 5.06. The van der Waals surface area contributed by atoms with Gasteiger partial charge in [-0.2, -0.15) is 18.2 Å². The molecule has 4 rings (SSSR count). The molecule has 0 aliphatic rings. The van der Waals surface area contributed by atoms with Crippen LogP contribution in [0.1, 0.15) is 11.3 Å². The SMILES string of the molecule is COc1ccc(Nc2cc(C)nc(Nc3ccc(NC(=O)Nc4cccc(C(F)(F)F)c4)cc3)n2)cc1. The minimum absolute atomic E-state index is 0.0289. The molecule has 0 radical (unpaired) electrons. The molecule has 0 bridgehead atoms. The van der Waals surface area contributed by atoms with Crippen LogP contribution < -0.4 is 26.0 Å². The van der Waals surface area contributed by atoms with E-state index in [1.54, 1.807) is 31.4 Å². The molecule has 0 saturated heterocycles. The maximum Gasteiger partial charge on any atom is 0.416 e. The van der Waals surface area contributed by atoms with E-state index in [0.29, 0.717) is 23.1 Å². The predicted octanol–water partition coefficient (Wildman–Crippen LogP) is 6.94. The number of methoxy groups -OCH3 is 1. The van der Waals surface area contributed by atoms with Gasteiger partial charge in [0.05, 0.1) is 12.7 Å². The van der Waals surface area contributed by atoms with Gasteiger partial charge in [0, 0.05) is 34.5 Å². The molecule has 0 saturated carbocycles. The van der Waals surface area contributed by atoms with E-state index in [1.165, 1.54) is 12.1 Å². The van der Waals surface area contributed by atoms with Crippen LogP contribution in [-0.4, -0.2) is 23.1 Å². The number of urea groups is 1. The molecule has 1 heterocycles. The van der Waals surface area contributed by atoms with Gasteiger partial charge in [-0.25, -0.2) is 9.78 Å². The maximum absolute atomic E-state index is 12.9. The highest BCUT2D eigenvalue weighted by atomic mass is 19.4. The highest BCUT2D eigenvalue weighted by Crippen LogP contribution is 2.30. The van der Waals surface area contributed by atoms with Gasteiger partial charge in [-0.3, -0.25) is 0 Å². The van der Waals surface area contributed by atoms with Crippen LogP contribution in [0.4, 0.5) is 52.5 Å². The molecule has 37 heavy (non-hydrogen) atoms. The molecule has 190 valence electrons. The third kappa shape index (κ3) is 7.10. The van der Waals surface area contributed by atoms with Gasteiger partial charge in [-0.1, -0.05) is 6.07 Å². The van der Waals surface area contributed by atoms with Crippen LogP contribution in [-0.2, 0) is 6.18 Å². The van der Waals surface area contributed by atoms with Gasteiger partial charge in [0.2, 0.25) is 5.95 Å². The van der Waals surface area contributed by atoms with Crippen molar-refractivity contribution in [2.24, 2.45) is 0 Å². The van der Waals surface area contributed by atoms with Gasteiger partial charge >= 0.3 is 12.2 Å². The van der Waals surface area contributed by atoms with Gasteiger partial charge in [-0.15, -0.1) is 0 Å². The first-order chi connectivity index (χ1) is 17.7. The van der Waals surface area contributed by atoms with Crippen LogP contribution in [0.3, 0.4) is 0 Å². The fourth-order valence-electron chi connectivity index (χ4n) is 3.34. The summed E-state index contributed by atoms with van der Waals surface area (Å²) >= 11 is 0. The molecular formula is C26H23F3N6O2. The van der Waals surface area contributed by atoms with Crippen molar-refractivity contribution in [2.45, 2.75) is 13.1 Å². The van der Waals surface area contributed by atoms with Crippen molar-refractivity contribution in [1.29, 1.82) is 0 Å². The molecule has 4 N–H and O–H groups in total. The quantitative estimate of drug-likeness (QED) is 0.216. The molecule has 0 unspecified atom stereocenters. The number of rotatable bonds is 7. The highest BCUT2D eigenvalue weighted by Gasteiger charge is 2.30. The number of nitrogens with one attached hydrogen (secondary N) is 4. The first-order valence-electron chi connectivity index (χ1n) is 11.1. The van der Waals surface area contributed by atoms with E-state index < -0.39 is 17.8 Å². The number of carbonyl (C=O) groups is 1. The molecule has 11 heteroatoms. The van der Waals surface area contributed by atoms with Crippen molar-refractivity contribution in [2.75, 3.05) is 28.4 Å². The van der Waals surface area contributed by atoms with Crippen molar-refractivity contribution in [1.82, 2.24) is 9.97 Å². The van der Waals surface area contributed by atoms with Gasteiger partial charge in [0.15, 0.2) is 0 Å². The van der Waals surface area contributed by atoms with E-state index in [1.807, 2.05) is 37.3 Å². The summed E-state index contributed by atoms with van der Waals surface area (Å²) in [5.41, 5.74) is 1.89. The predicted molar refractivity (Wildman–Crippen MR) is 137 cm³/mol. The zero-order valence-corrected chi connectivity index (χ0v) is 19.9. The number of hydrogen-bond acceptors (Lipinski definition) is 6. The Morgan fingerprint density at radius 3 is 2.08 bits per heavy atom. The monoisotopic (exact) mass is 508 g/mol. The largest absolute Gasteiger partial charge is 0.497 e. The topological polar surface area (TPSA) is 100 Å². The molecule has 0 aliphatic carbocycles. The molecule has 0 aliphatic heterocycles. The van der Waals surface area contributed by atoms with Crippen LogP contribution in [0.15, 0.2) is 78.9 Å². The van der Waals surface area contributed by atoms with Gasteiger partial charge in [0.1, 0.15) is 11.6 Å². The Morgan fingerprint density at radius 2 is 1.41 bits per heavy atom. The van der Waals surface area contributed by atoms with E-state index in [2.05, 4.69) is 31.2 Å². The Balaban J connectivity index is 1.37. The fourth-order valence-corrected chi connectivity index (χ4v) is 3.34. The van der Waals surface area contributed by atoms with Gasteiger partial charge in [0.25, 0.3) is 0 Å². The molecule has 4 aromatic rings. The minimum Gasteiger partial charge on any atom is -0.497 e. The lowest BCUT2D eigenvalue weighted by Crippen LogP contribution is -2.19. The van der Waals surface area contributed by atoms with Crippen LogP contribution in [0, 0.1) is 6.92 Å². The van der Waals surface area contributed by atoms with E-state index in [-0.39, 0.29) is 5.69 Å². The number of alkyl halides is 3. The van der Waals surface area contributed by atoms with Gasteiger partial charge < -0.3 is 26.0 Å².